The molecule has 3 aromatic rings. The molecule has 0 saturated carbocycles. The Kier molecular flexibility index (Phi) is 7.95. The van der Waals surface area contributed by atoms with Crippen molar-refractivity contribution in [2.45, 2.75) is 44.4 Å². The minimum atomic E-state index is -0.508. The Morgan fingerprint density at radius 3 is 2.89 bits per heavy atom. The van der Waals surface area contributed by atoms with Gasteiger partial charge in [0, 0.05) is 23.0 Å². The van der Waals surface area contributed by atoms with Crippen molar-refractivity contribution >= 4 is 63.1 Å². The van der Waals surface area contributed by atoms with Gasteiger partial charge in [0.15, 0.2) is 17.1 Å². The van der Waals surface area contributed by atoms with E-state index in [9.17, 15) is 9.59 Å². The highest BCUT2D eigenvalue weighted by molar-refractivity contribution is 7.99. The molecule has 0 fully saturated rings. The number of anilines is 1. The molecule has 2 heterocycles. The Morgan fingerprint density at radius 1 is 1.37 bits per heavy atom. The molecule has 1 aliphatic rings. The topological polar surface area (TPSA) is 112 Å². The number of benzene rings is 1. The van der Waals surface area contributed by atoms with E-state index < -0.39 is 12.0 Å². The molecule has 186 valence electrons. The quantitative estimate of drug-likeness (QED) is 0.367. The molecule has 1 aromatic carbocycles. The number of ether oxygens (including phenoxy) is 1. The minimum absolute atomic E-state index is 0.0957. The summed E-state index contributed by atoms with van der Waals surface area (Å²) in [6, 6.07) is 4.98. The zero-order chi connectivity index (χ0) is 25.3. The Labute approximate surface area is 221 Å². The number of nitrogens with two attached hydrogens (primary N) is 1. The van der Waals surface area contributed by atoms with Gasteiger partial charge < -0.3 is 20.4 Å². The largest absolute Gasteiger partial charge is 0.481 e. The first-order valence-electron chi connectivity index (χ1n) is 11.0. The predicted octanol–water partition coefficient (Wildman–Crippen LogP) is 5.28. The van der Waals surface area contributed by atoms with Crippen LogP contribution in [-0.2, 0) is 24.7 Å². The zero-order valence-corrected chi connectivity index (χ0v) is 22.6. The van der Waals surface area contributed by atoms with E-state index in [1.807, 2.05) is 6.92 Å². The number of nitrogens with zero attached hydrogens (tertiary/aromatic N) is 3. The number of hydrogen-bond acceptors (Lipinski definition) is 7. The Hall–Kier alpha value is -2.27. The number of fused-ring (bicyclic) bond motifs is 1. The molecule has 8 nitrogen and oxygen atoms in total. The van der Waals surface area contributed by atoms with Crippen molar-refractivity contribution in [1.29, 1.82) is 0 Å². The molecule has 0 saturated heterocycles. The maximum absolute atomic E-state index is 12.7. The molecule has 0 aliphatic heterocycles. The van der Waals surface area contributed by atoms with Crippen molar-refractivity contribution in [1.82, 2.24) is 14.8 Å². The molecule has 0 bridgehead atoms. The predicted molar refractivity (Wildman–Crippen MR) is 140 cm³/mol. The van der Waals surface area contributed by atoms with Crippen LogP contribution in [0.3, 0.4) is 0 Å². The first kappa shape index (κ1) is 25.8. The summed E-state index contributed by atoms with van der Waals surface area (Å²) in [6.07, 6.45) is 2.25. The standard InChI is InChI=1S/C23H25Cl2N5O3S2/c1-11-4-6-14-17(8-11)35-22(19(14)20(26)32)27-18(31)10-34-23-29-28-21(30(23)3)12(2)33-16-9-13(24)5-7-15(16)25/h5,7,9,11-12H,4,6,8,10H2,1-3H3,(H2,26,32)(H,27,31). The van der Waals surface area contributed by atoms with Crippen LogP contribution in [0.25, 0.3) is 0 Å². The van der Waals surface area contributed by atoms with Crippen LogP contribution in [0.15, 0.2) is 23.4 Å². The summed E-state index contributed by atoms with van der Waals surface area (Å²) in [7, 11) is 1.80. The van der Waals surface area contributed by atoms with E-state index in [-0.39, 0.29) is 11.7 Å². The lowest BCUT2D eigenvalue weighted by molar-refractivity contribution is -0.113. The summed E-state index contributed by atoms with van der Waals surface area (Å²) in [5.74, 6) is 0.905. The average molecular weight is 555 g/mol. The molecule has 2 atom stereocenters. The van der Waals surface area contributed by atoms with Crippen molar-refractivity contribution in [3.8, 4) is 5.75 Å². The van der Waals surface area contributed by atoms with Crippen LogP contribution in [0.1, 0.15) is 53.0 Å². The lowest BCUT2D eigenvalue weighted by Crippen LogP contribution is -2.20. The average Bonchev–Trinajstić information content (AvgIpc) is 3.34. The first-order valence-corrected chi connectivity index (χ1v) is 13.6. The molecule has 2 amide bonds. The number of carbonyl (C=O) groups is 2. The third kappa shape index (κ3) is 5.77. The lowest BCUT2D eigenvalue weighted by Gasteiger charge is -2.18. The van der Waals surface area contributed by atoms with Crippen LogP contribution in [0.4, 0.5) is 5.00 Å². The molecule has 3 N–H and O–H groups in total. The summed E-state index contributed by atoms with van der Waals surface area (Å²) < 4.78 is 7.69. The third-order valence-corrected chi connectivity index (χ3v) is 8.51. The van der Waals surface area contributed by atoms with E-state index in [1.165, 1.54) is 23.1 Å². The molecule has 35 heavy (non-hydrogen) atoms. The van der Waals surface area contributed by atoms with Gasteiger partial charge in [0.1, 0.15) is 10.8 Å². The molecular formula is C23H25Cl2N5O3S2. The fourth-order valence-corrected chi connectivity index (χ4v) is 6.48. The van der Waals surface area contributed by atoms with Gasteiger partial charge in [0.25, 0.3) is 5.91 Å². The summed E-state index contributed by atoms with van der Waals surface area (Å²) in [5, 5.41) is 13.3. The van der Waals surface area contributed by atoms with Crippen molar-refractivity contribution in [2.75, 3.05) is 11.1 Å². The Morgan fingerprint density at radius 2 is 2.14 bits per heavy atom. The number of aromatic nitrogens is 3. The van der Waals surface area contributed by atoms with E-state index in [0.717, 1.165) is 29.7 Å². The SMILES string of the molecule is CC1CCc2c(sc(NC(=O)CSc3nnc(C(C)Oc4cc(Cl)ccc4Cl)n3C)c2C(N)=O)C1. The Bertz CT molecular complexity index is 1280. The number of hydrogen-bond donors (Lipinski definition) is 2. The number of amides is 2. The van der Waals surface area contributed by atoms with Crippen molar-refractivity contribution in [3.05, 3.63) is 50.1 Å². The van der Waals surface area contributed by atoms with Gasteiger partial charge in [-0.3, -0.25) is 9.59 Å². The van der Waals surface area contributed by atoms with Crippen molar-refractivity contribution in [3.63, 3.8) is 0 Å². The number of thiophene rings is 1. The second kappa shape index (κ2) is 10.8. The van der Waals surface area contributed by atoms with E-state index in [0.29, 0.717) is 43.3 Å². The maximum atomic E-state index is 12.7. The van der Waals surface area contributed by atoms with Crippen LogP contribution >= 0.6 is 46.3 Å². The number of carbonyl (C=O) groups excluding carboxylic acids is 2. The van der Waals surface area contributed by atoms with Crippen molar-refractivity contribution < 1.29 is 14.3 Å². The van der Waals surface area contributed by atoms with Crippen LogP contribution in [0, 0.1) is 5.92 Å². The van der Waals surface area contributed by atoms with Gasteiger partial charge in [-0.1, -0.05) is 41.9 Å². The second-order valence-electron chi connectivity index (χ2n) is 8.49. The summed E-state index contributed by atoms with van der Waals surface area (Å²) in [6.45, 7) is 4.01. The highest BCUT2D eigenvalue weighted by Crippen LogP contribution is 2.39. The smallest absolute Gasteiger partial charge is 0.251 e. The third-order valence-electron chi connectivity index (χ3n) is 5.77. The molecule has 2 unspecified atom stereocenters. The van der Waals surface area contributed by atoms with E-state index >= 15 is 0 Å². The Balaban J connectivity index is 1.41. The fraction of sp³-hybridized carbons (Fsp3) is 0.391. The number of primary amides is 1. The van der Waals surface area contributed by atoms with Crippen LogP contribution < -0.4 is 15.8 Å². The zero-order valence-electron chi connectivity index (χ0n) is 19.4. The number of thioether (sulfide) groups is 1. The molecule has 12 heteroatoms. The van der Waals surface area contributed by atoms with E-state index in [1.54, 1.807) is 29.8 Å². The van der Waals surface area contributed by atoms with Gasteiger partial charge in [-0.05, 0) is 49.8 Å². The maximum Gasteiger partial charge on any atom is 0.251 e. The minimum Gasteiger partial charge on any atom is -0.481 e. The molecular weight excluding hydrogens is 529 g/mol. The highest BCUT2D eigenvalue weighted by atomic mass is 35.5. The summed E-state index contributed by atoms with van der Waals surface area (Å²) in [5.41, 5.74) is 7.07. The molecule has 0 spiro atoms. The highest BCUT2D eigenvalue weighted by Gasteiger charge is 2.27. The van der Waals surface area contributed by atoms with Crippen LogP contribution in [0.2, 0.25) is 10.0 Å². The van der Waals surface area contributed by atoms with Gasteiger partial charge >= 0.3 is 0 Å². The van der Waals surface area contributed by atoms with Gasteiger partial charge in [0.2, 0.25) is 5.91 Å². The molecule has 4 rings (SSSR count). The van der Waals surface area contributed by atoms with Crippen molar-refractivity contribution in [2.24, 2.45) is 18.7 Å². The van der Waals surface area contributed by atoms with Gasteiger partial charge in [-0.2, -0.15) is 0 Å². The van der Waals surface area contributed by atoms with Gasteiger partial charge in [-0.15, -0.1) is 21.5 Å². The van der Waals surface area contributed by atoms with E-state index in [4.69, 9.17) is 33.7 Å². The normalized spacial score (nSPS) is 16.0. The summed E-state index contributed by atoms with van der Waals surface area (Å²) in [4.78, 5) is 25.9. The fourth-order valence-electron chi connectivity index (χ4n) is 4.01. The van der Waals surface area contributed by atoms with Crippen LogP contribution in [0.5, 0.6) is 5.75 Å². The number of rotatable bonds is 8. The summed E-state index contributed by atoms with van der Waals surface area (Å²) >= 11 is 14.9. The number of nitrogens with one attached hydrogen (secondary N) is 1. The lowest BCUT2D eigenvalue weighted by atomic mass is 9.88. The molecule has 0 radical (unpaired) electrons. The van der Waals surface area contributed by atoms with E-state index in [2.05, 4.69) is 22.4 Å². The van der Waals surface area contributed by atoms with Gasteiger partial charge in [-0.25, -0.2) is 0 Å². The molecule has 1 aliphatic carbocycles. The second-order valence-corrected chi connectivity index (χ2v) is 11.4. The molecule has 2 aromatic heterocycles. The number of halogens is 2. The first-order chi connectivity index (χ1) is 16.6. The monoisotopic (exact) mass is 553 g/mol. The van der Waals surface area contributed by atoms with Crippen LogP contribution in [-0.4, -0.2) is 32.3 Å². The van der Waals surface area contributed by atoms with Gasteiger partial charge in [0.05, 0.1) is 16.3 Å².